The number of para-hydroxylation sites is 1. The van der Waals surface area contributed by atoms with E-state index < -0.39 is 28.1 Å². The van der Waals surface area contributed by atoms with Crippen LogP contribution in [0.1, 0.15) is 29.4 Å². The highest BCUT2D eigenvalue weighted by Crippen LogP contribution is 2.70. The van der Waals surface area contributed by atoms with Crippen molar-refractivity contribution in [1.82, 2.24) is 5.16 Å². The number of nitrogens with zero attached hydrogens (tertiary/aromatic N) is 2. The maximum atomic E-state index is 13.9. The van der Waals surface area contributed by atoms with Gasteiger partial charge in [0.2, 0.25) is 5.76 Å². The maximum Gasteiger partial charge on any atom is 0.399 e. The van der Waals surface area contributed by atoms with Gasteiger partial charge in [0.05, 0.1) is 12.0 Å². The van der Waals surface area contributed by atoms with Crippen molar-refractivity contribution in [2.75, 3.05) is 7.11 Å². The van der Waals surface area contributed by atoms with Gasteiger partial charge < -0.3 is 9.26 Å². The largest absolute Gasteiger partial charge is 0.496 e. The minimum Gasteiger partial charge on any atom is -0.496 e. The molecule has 1 aromatic carbocycles. The predicted molar refractivity (Wildman–Crippen MR) is 76.0 cm³/mol. The Balaban J connectivity index is 2.15. The molecule has 0 saturated heterocycles. The molecule has 128 valence electrons. The second-order valence-electron chi connectivity index (χ2n) is 5.66. The maximum absolute atomic E-state index is 13.9. The minimum atomic E-state index is -4.62. The highest BCUT2D eigenvalue weighted by molar-refractivity contribution is 5.54. The summed E-state index contributed by atoms with van der Waals surface area (Å²) in [5.41, 5.74) is -2.89. The standard InChI is InChI=1S/C15H13F3N2O4/c1-8-12(20(21)22)13(24-19-8)10-7-14(10,15(16,17)18)9-5-3-4-6-11(9)23-2/h3-6,10H,7H2,1-2H3/t10-,14-/m1/s1. The van der Waals surface area contributed by atoms with Crippen molar-refractivity contribution in [2.45, 2.75) is 30.9 Å². The van der Waals surface area contributed by atoms with Crippen molar-refractivity contribution >= 4 is 5.69 Å². The average molecular weight is 342 g/mol. The fourth-order valence-electron chi connectivity index (χ4n) is 3.19. The molecule has 1 saturated carbocycles. The highest BCUT2D eigenvalue weighted by atomic mass is 19.4. The quantitative estimate of drug-likeness (QED) is 0.622. The number of halogens is 3. The molecular formula is C15H13F3N2O4. The summed E-state index contributed by atoms with van der Waals surface area (Å²) < 4.78 is 51.6. The summed E-state index contributed by atoms with van der Waals surface area (Å²) >= 11 is 0. The first-order valence-electron chi connectivity index (χ1n) is 7.04. The van der Waals surface area contributed by atoms with Gasteiger partial charge in [-0.1, -0.05) is 23.4 Å². The summed E-state index contributed by atoms with van der Waals surface area (Å²) in [7, 11) is 1.28. The van der Waals surface area contributed by atoms with Gasteiger partial charge in [-0.25, -0.2) is 0 Å². The Morgan fingerprint density at radius 3 is 2.67 bits per heavy atom. The molecule has 0 bridgehead atoms. The van der Waals surface area contributed by atoms with E-state index in [0.717, 1.165) is 0 Å². The van der Waals surface area contributed by atoms with Crippen molar-refractivity contribution in [3.63, 3.8) is 0 Å². The number of aromatic nitrogens is 1. The van der Waals surface area contributed by atoms with E-state index in [1.807, 2.05) is 0 Å². The summed E-state index contributed by atoms with van der Waals surface area (Å²) in [4.78, 5) is 10.4. The van der Waals surface area contributed by atoms with Crippen molar-refractivity contribution in [3.8, 4) is 5.75 Å². The van der Waals surface area contributed by atoms with Crippen LogP contribution >= 0.6 is 0 Å². The fraction of sp³-hybridized carbons (Fsp3) is 0.400. The van der Waals surface area contributed by atoms with E-state index in [-0.39, 0.29) is 29.2 Å². The summed E-state index contributed by atoms with van der Waals surface area (Å²) in [5.74, 6) is -1.48. The Hall–Kier alpha value is -2.58. The lowest BCUT2D eigenvalue weighted by Crippen LogP contribution is -2.31. The molecule has 24 heavy (non-hydrogen) atoms. The summed E-state index contributed by atoms with van der Waals surface area (Å²) in [6, 6.07) is 5.78. The number of hydrogen-bond acceptors (Lipinski definition) is 5. The lowest BCUT2D eigenvalue weighted by molar-refractivity contribution is -0.386. The third kappa shape index (κ3) is 2.15. The van der Waals surface area contributed by atoms with Crippen molar-refractivity contribution in [3.05, 3.63) is 51.4 Å². The van der Waals surface area contributed by atoms with Crippen LogP contribution in [-0.4, -0.2) is 23.4 Å². The third-order valence-electron chi connectivity index (χ3n) is 4.41. The van der Waals surface area contributed by atoms with Crippen LogP contribution in [0.5, 0.6) is 5.75 Å². The van der Waals surface area contributed by atoms with Gasteiger partial charge in [-0.15, -0.1) is 0 Å². The molecule has 1 heterocycles. The van der Waals surface area contributed by atoms with Crippen molar-refractivity contribution in [2.24, 2.45) is 0 Å². The van der Waals surface area contributed by atoms with Crippen LogP contribution in [0.4, 0.5) is 18.9 Å². The molecule has 1 aromatic heterocycles. The van der Waals surface area contributed by atoms with E-state index in [9.17, 15) is 23.3 Å². The molecule has 0 radical (unpaired) electrons. The summed E-state index contributed by atoms with van der Waals surface area (Å²) in [5, 5.41) is 14.6. The molecule has 0 unspecified atom stereocenters. The smallest absolute Gasteiger partial charge is 0.399 e. The number of nitro groups is 1. The Labute approximate surface area is 134 Å². The van der Waals surface area contributed by atoms with E-state index in [4.69, 9.17) is 9.26 Å². The molecule has 1 aliphatic carbocycles. The van der Waals surface area contributed by atoms with Gasteiger partial charge in [0, 0.05) is 11.5 Å². The SMILES string of the molecule is COc1ccccc1[C@]1(C(F)(F)F)C[C@@H]1c1onc(C)c1[N+](=O)[O-]. The van der Waals surface area contributed by atoms with Gasteiger partial charge in [-0.2, -0.15) is 13.2 Å². The lowest BCUT2D eigenvalue weighted by atomic mass is 9.90. The zero-order valence-corrected chi connectivity index (χ0v) is 12.8. The van der Waals surface area contributed by atoms with Gasteiger partial charge in [0.15, 0.2) is 5.69 Å². The Kier molecular flexibility index (Phi) is 3.54. The Morgan fingerprint density at radius 1 is 1.42 bits per heavy atom. The predicted octanol–water partition coefficient (Wildman–Crippen LogP) is 3.89. The van der Waals surface area contributed by atoms with Crippen LogP contribution in [0.3, 0.4) is 0 Å². The van der Waals surface area contributed by atoms with E-state index in [0.29, 0.717) is 0 Å². The molecule has 0 amide bonds. The normalized spacial score (nSPS) is 23.1. The van der Waals surface area contributed by atoms with Crippen LogP contribution in [0.25, 0.3) is 0 Å². The van der Waals surface area contributed by atoms with Gasteiger partial charge in [-0.05, 0) is 19.4 Å². The molecule has 0 aliphatic heterocycles. The number of aryl methyl sites for hydroxylation is 1. The number of alkyl halides is 3. The molecule has 3 rings (SSSR count). The van der Waals surface area contributed by atoms with Gasteiger partial charge >= 0.3 is 11.9 Å². The number of rotatable bonds is 4. The van der Waals surface area contributed by atoms with Gasteiger partial charge in [-0.3, -0.25) is 10.1 Å². The van der Waals surface area contributed by atoms with E-state index in [1.165, 1.54) is 32.2 Å². The summed E-state index contributed by atoms with van der Waals surface area (Å²) in [6.45, 7) is 1.33. The first-order chi connectivity index (χ1) is 11.2. The fourth-order valence-corrected chi connectivity index (χ4v) is 3.19. The topological polar surface area (TPSA) is 78.4 Å². The van der Waals surface area contributed by atoms with Gasteiger partial charge in [0.1, 0.15) is 11.2 Å². The number of ether oxygens (including phenoxy) is 1. The van der Waals surface area contributed by atoms with Crippen molar-refractivity contribution < 1.29 is 27.4 Å². The van der Waals surface area contributed by atoms with Gasteiger partial charge in [0.25, 0.3) is 0 Å². The van der Waals surface area contributed by atoms with Crippen LogP contribution in [0.2, 0.25) is 0 Å². The number of benzene rings is 1. The van der Waals surface area contributed by atoms with Crippen molar-refractivity contribution in [1.29, 1.82) is 0 Å². The van der Waals surface area contributed by atoms with Crippen LogP contribution < -0.4 is 4.74 Å². The molecular weight excluding hydrogens is 329 g/mol. The second kappa shape index (κ2) is 5.22. The van der Waals surface area contributed by atoms with E-state index in [1.54, 1.807) is 6.07 Å². The van der Waals surface area contributed by atoms with E-state index in [2.05, 4.69) is 5.16 Å². The zero-order chi connectivity index (χ0) is 17.7. The average Bonchev–Trinajstić information content (AvgIpc) is 3.17. The Morgan fingerprint density at radius 2 is 2.08 bits per heavy atom. The van der Waals surface area contributed by atoms with Crippen LogP contribution in [-0.2, 0) is 5.41 Å². The molecule has 6 nitrogen and oxygen atoms in total. The zero-order valence-electron chi connectivity index (χ0n) is 12.8. The molecule has 2 aromatic rings. The first-order valence-corrected chi connectivity index (χ1v) is 7.04. The first kappa shape index (κ1) is 16.3. The van der Waals surface area contributed by atoms with E-state index >= 15 is 0 Å². The molecule has 1 aliphatic rings. The lowest BCUT2D eigenvalue weighted by Gasteiger charge is -2.23. The van der Waals surface area contributed by atoms with Crippen LogP contribution in [0, 0.1) is 17.0 Å². The minimum absolute atomic E-state index is 0.0435. The third-order valence-corrected chi connectivity index (χ3v) is 4.41. The molecule has 0 N–H and O–H groups in total. The molecule has 1 fully saturated rings. The number of methoxy groups -OCH3 is 1. The molecule has 2 atom stereocenters. The van der Waals surface area contributed by atoms with Crippen LogP contribution in [0.15, 0.2) is 28.8 Å². The second-order valence-corrected chi connectivity index (χ2v) is 5.66. The summed E-state index contributed by atoms with van der Waals surface area (Å²) in [6.07, 6.45) is -4.98. The molecule has 0 spiro atoms. The monoisotopic (exact) mass is 342 g/mol. The molecule has 9 heteroatoms. The highest BCUT2D eigenvalue weighted by Gasteiger charge is 2.75. The number of hydrogen-bond donors (Lipinski definition) is 0. The Bertz CT molecular complexity index is 802.